The number of aryl methyl sites for hydroxylation is 1. The van der Waals surface area contributed by atoms with Crippen molar-refractivity contribution in [2.24, 2.45) is 0 Å². The highest BCUT2D eigenvalue weighted by Crippen LogP contribution is 2.33. The van der Waals surface area contributed by atoms with Crippen LogP contribution in [0.25, 0.3) is 0 Å². The quantitative estimate of drug-likeness (QED) is 0.889. The van der Waals surface area contributed by atoms with E-state index in [1.807, 2.05) is 12.1 Å². The van der Waals surface area contributed by atoms with Crippen LogP contribution in [0.15, 0.2) is 42.5 Å². The summed E-state index contributed by atoms with van der Waals surface area (Å²) in [4.78, 5) is 2.35. The molecule has 1 unspecified atom stereocenters. The molecule has 0 spiro atoms. The largest absolute Gasteiger partial charge is 0.504 e. The predicted molar refractivity (Wildman–Crippen MR) is 87.3 cm³/mol. The number of hydrogen-bond acceptors (Lipinski definition) is 3. The van der Waals surface area contributed by atoms with Crippen molar-refractivity contribution in [3.05, 3.63) is 53.6 Å². The van der Waals surface area contributed by atoms with Gasteiger partial charge < -0.3 is 14.7 Å². The van der Waals surface area contributed by atoms with Crippen LogP contribution >= 0.6 is 0 Å². The lowest BCUT2D eigenvalue weighted by atomic mass is 10.0. The van der Waals surface area contributed by atoms with Crippen LogP contribution in [0, 0.1) is 6.92 Å². The second-order valence-corrected chi connectivity index (χ2v) is 5.18. The molecule has 0 aliphatic heterocycles. The Kier molecular flexibility index (Phi) is 4.73. The first-order valence-electron chi connectivity index (χ1n) is 7.27. The lowest BCUT2D eigenvalue weighted by molar-refractivity contribution is 0.372. The summed E-state index contributed by atoms with van der Waals surface area (Å²) in [6.07, 6.45) is 0. The van der Waals surface area contributed by atoms with Crippen LogP contribution in [-0.4, -0.2) is 18.8 Å². The molecule has 3 heteroatoms. The minimum atomic E-state index is 0.174. The first-order valence-corrected chi connectivity index (χ1v) is 7.27. The zero-order valence-electron chi connectivity index (χ0n) is 13.1. The van der Waals surface area contributed by atoms with Gasteiger partial charge in [-0.1, -0.05) is 24.3 Å². The molecule has 0 aromatic heterocycles. The maximum absolute atomic E-state index is 9.74. The van der Waals surface area contributed by atoms with Gasteiger partial charge in [0.2, 0.25) is 0 Å². The van der Waals surface area contributed by atoms with E-state index in [0.29, 0.717) is 5.75 Å². The maximum Gasteiger partial charge on any atom is 0.160 e. The first kappa shape index (κ1) is 15.2. The number of methoxy groups -OCH3 is 1. The second-order valence-electron chi connectivity index (χ2n) is 5.18. The van der Waals surface area contributed by atoms with Crippen LogP contribution in [0.4, 0.5) is 5.69 Å². The number of nitrogens with zero attached hydrogens (tertiary/aromatic N) is 1. The number of anilines is 1. The van der Waals surface area contributed by atoms with E-state index >= 15 is 0 Å². The second kappa shape index (κ2) is 6.53. The van der Waals surface area contributed by atoms with Crippen LogP contribution in [0.3, 0.4) is 0 Å². The average molecular weight is 285 g/mol. The Labute approximate surface area is 126 Å². The zero-order valence-corrected chi connectivity index (χ0v) is 13.1. The van der Waals surface area contributed by atoms with Crippen LogP contribution in [0.1, 0.15) is 31.0 Å². The number of aromatic hydroxyl groups is 1. The molecule has 0 fully saturated rings. The molecular weight excluding hydrogens is 262 g/mol. The van der Waals surface area contributed by atoms with E-state index in [1.165, 1.54) is 11.3 Å². The normalized spacial score (nSPS) is 12.0. The standard InChI is InChI=1S/C18H23NO2/c1-5-19(16-9-7-6-8-13(16)2)14(3)15-10-11-17(20)18(12-15)21-4/h6-12,14,20H,5H2,1-4H3. The Hall–Kier alpha value is -2.16. The zero-order chi connectivity index (χ0) is 15.4. The molecule has 21 heavy (non-hydrogen) atoms. The lowest BCUT2D eigenvalue weighted by Gasteiger charge is -2.32. The van der Waals surface area contributed by atoms with E-state index in [-0.39, 0.29) is 11.8 Å². The van der Waals surface area contributed by atoms with Crippen molar-refractivity contribution in [1.29, 1.82) is 0 Å². The Balaban J connectivity index is 2.37. The maximum atomic E-state index is 9.74. The van der Waals surface area contributed by atoms with Crippen molar-refractivity contribution < 1.29 is 9.84 Å². The third kappa shape index (κ3) is 3.13. The first-order chi connectivity index (χ1) is 10.1. The van der Waals surface area contributed by atoms with Crippen LogP contribution in [0.2, 0.25) is 0 Å². The van der Waals surface area contributed by atoms with Gasteiger partial charge in [0.1, 0.15) is 0 Å². The molecule has 2 aromatic rings. The van der Waals surface area contributed by atoms with Crippen LogP contribution < -0.4 is 9.64 Å². The van der Waals surface area contributed by atoms with Crippen molar-refractivity contribution in [3.63, 3.8) is 0 Å². The fraction of sp³-hybridized carbons (Fsp3) is 0.333. The number of hydrogen-bond donors (Lipinski definition) is 1. The molecule has 0 saturated heterocycles. The summed E-state index contributed by atoms with van der Waals surface area (Å²) in [7, 11) is 1.57. The summed E-state index contributed by atoms with van der Waals surface area (Å²) in [6.45, 7) is 7.36. The highest BCUT2D eigenvalue weighted by atomic mass is 16.5. The molecule has 0 heterocycles. The van der Waals surface area contributed by atoms with Crippen molar-refractivity contribution in [2.45, 2.75) is 26.8 Å². The third-order valence-electron chi connectivity index (χ3n) is 3.92. The Bertz CT molecular complexity index is 610. The molecule has 0 radical (unpaired) electrons. The Morgan fingerprint density at radius 3 is 2.52 bits per heavy atom. The van der Waals surface area contributed by atoms with Gasteiger partial charge in [-0.15, -0.1) is 0 Å². The van der Waals surface area contributed by atoms with Crippen LogP contribution in [0.5, 0.6) is 11.5 Å². The molecule has 2 rings (SSSR count). The number of rotatable bonds is 5. The van der Waals surface area contributed by atoms with Crippen molar-refractivity contribution in [3.8, 4) is 11.5 Å². The molecule has 112 valence electrons. The molecule has 0 aliphatic carbocycles. The van der Waals surface area contributed by atoms with E-state index in [9.17, 15) is 5.11 Å². The molecule has 2 aromatic carbocycles. The van der Waals surface area contributed by atoms with E-state index in [4.69, 9.17) is 4.74 Å². The van der Waals surface area contributed by atoms with E-state index in [1.54, 1.807) is 13.2 Å². The fourth-order valence-electron chi connectivity index (χ4n) is 2.67. The molecule has 0 saturated carbocycles. The van der Waals surface area contributed by atoms with Gasteiger partial charge in [-0.3, -0.25) is 0 Å². The molecular formula is C18H23NO2. The monoisotopic (exact) mass is 285 g/mol. The summed E-state index contributed by atoms with van der Waals surface area (Å²) < 4.78 is 5.21. The lowest BCUT2D eigenvalue weighted by Crippen LogP contribution is -2.27. The van der Waals surface area contributed by atoms with Crippen molar-refractivity contribution in [2.75, 3.05) is 18.6 Å². The van der Waals surface area contributed by atoms with Gasteiger partial charge in [0.15, 0.2) is 11.5 Å². The molecule has 3 nitrogen and oxygen atoms in total. The minimum absolute atomic E-state index is 0.174. The van der Waals surface area contributed by atoms with E-state index < -0.39 is 0 Å². The number of benzene rings is 2. The molecule has 0 amide bonds. The summed E-state index contributed by atoms with van der Waals surface area (Å²) in [5.74, 6) is 0.688. The molecule has 1 atom stereocenters. The highest BCUT2D eigenvalue weighted by Gasteiger charge is 2.17. The van der Waals surface area contributed by atoms with Crippen molar-refractivity contribution >= 4 is 5.69 Å². The van der Waals surface area contributed by atoms with Gasteiger partial charge in [-0.2, -0.15) is 0 Å². The fourth-order valence-corrected chi connectivity index (χ4v) is 2.67. The minimum Gasteiger partial charge on any atom is -0.504 e. The van der Waals surface area contributed by atoms with E-state index in [2.05, 4.69) is 49.9 Å². The predicted octanol–water partition coefficient (Wildman–Crippen LogP) is 4.30. The summed E-state index contributed by atoms with van der Waals surface area (Å²) in [5.41, 5.74) is 3.62. The van der Waals surface area contributed by atoms with Gasteiger partial charge in [0.25, 0.3) is 0 Å². The topological polar surface area (TPSA) is 32.7 Å². The number of phenols is 1. The Morgan fingerprint density at radius 2 is 1.90 bits per heavy atom. The van der Waals surface area contributed by atoms with Crippen molar-refractivity contribution in [1.82, 2.24) is 0 Å². The third-order valence-corrected chi connectivity index (χ3v) is 3.92. The summed E-state index contributed by atoms with van der Waals surface area (Å²) >= 11 is 0. The van der Waals surface area contributed by atoms with Gasteiger partial charge in [-0.25, -0.2) is 0 Å². The average Bonchev–Trinajstić information content (AvgIpc) is 2.50. The molecule has 0 aliphatic rings. The number of phenolic OH excluding ortho intramolecular Hbond substituents is 1. The smallest absolute Gasteiger partial charge is 0.160 e. The Morgan fingerprint density at radius 1 is 1.19 bits per heavy atom. The summed E-state index contributed by atoms with van der Waals surface area (Å²) in [5, 5.41) is 9.74. The highest BCUT2D eigenvalue weighted by molar-refractivity contribution is 5.55. The van der Waals surface area contributed by atoms with Crippen LogP contribution in [-0.2, 0) is 0 Å². The molecule has 1 N–H and O–H groups in total. The summed E-state index contributed by atoms with van der Waals surface area (Å²) in [6, 6.07) is 14.1. The van der Waals surface area contributed by atoms with E-state index in [0.717, 1.165) is 12.1 Å². The SMILES string of the molecule is CCN(c1ccccc1C)C(C)c1ccc(O)c(OC)c1. The molecule has 0 bridgehead atoms. The van der Waals surface area contributed by atoms with Gasteiger partial charge >= 0.3 is 0 Å². The van der Waals surface area contributed by atoms with Gasteiger partial charge in [-0.05, 0) is 50.1 Å². The van der Waals surface area contributed by atoms with Gasteiger partial charge in [0.05, 0.1) is 13.2 Å². The van der Waals surface area contributed by atoms with Gasteiger partial charge in [0, 0.05) is 12.2 Å². The number of para-hydroxylation sites is 1. The number of ether oxygens (including phenoxy) is 1.